The Morgan fingerprint density at radius 2 is 0.784 bits per heavy atom. The maximum absolute atomic E-state index is 11.6. The predicted octanol–water partition coefficient (Wildman–Crippen LogP) is 6.58. The largest absolute Gasteiger partial charge is 0.462 e. The summed E-state index contributed by atoms with van der Waals surface area (Å²) in [6.07, 6.45) is 1.73. The van der Waals surface area contributed by atoms with Gasteiger partial charge in [-0.15, -0.1) is 0 Å². The molecule has 0 fully saturated rings. The van der Waals surface area contributed by atoms with Crippen LogP contribution < -0.4 is 0 Å². The molecule has 0 aliphatic rings. The van der Waals surface area contributed by atoms with Crippen molar-refractivity contribution in [1.29, 1.82) is 0 Å². The number of hydrogen-bond acceptors (Lipinski definition) is 6. The third-order valence-corrected chi connectivity index (χ3v) is 5.90. The number of ether oxygens (including phenoxy) is 3. The van der Waals surface area contributed by atoms with Crippen molar-refractivity contribution in [1.82, 2.24) is 0 Å². The SMILES string of the molecule is CCOC(=O)c1ccc(CBr)cc1.CCOC(=O)c1ccc(CCc2ccc(C(=O)OCC)cc2)cc1. The van der Waals surface area contributed by atoms with Crippen molar-refractivity contribution in [2.75, 3.05) is 19.8 Å². The third kappa shape index (κ3) is 10.2. The number of hydrogen-bond donors (Lipinski definition) is 0. The zero-order chi connectivity index (χ0) is 27.0. The first kappa shape index (κ1) is 29.8. The first-order valence-corrected chi connectivity index (χ1v) is 13.4. The molecule has 0 radical (unpaired) electrons. The van der Waals surface area contributed by atoms with Gasteiger partial charge in [0.25, 0.3) is 0 Å². The van der Waals surface area contributed by atoms with Crippen LogP contribution in [0.15, 0.2) is 72.8 Å². The van der Waals surface area contributed by atoms with E-state index in [0.29, 0.717) is 36.5 Å². The number of halogens is 1. The molecule has 196 valence electrons. The van der Waals surface area contributed by atoms with Gasteiger partial charge in [0.05, 0.1) is 36.5 Å². The van der Waals surface area contributed by atoms with Gasteiger partial charge in [0.2, 0.25) is 0 Å². The zero-order valence-electron chi connectivity index (χ0n) is 21.5. The minimum atomic E-state index is -0.293. The van der Waals surface area contributed by atoms with Crippen molar-refractivity contribution in [2.24, 2.45) is 0 Å². The lowest BCUT2D eigenvalue weighted by molar-refractivity contribution is 0.0516. The van der Waals surface area contributed by atoms with Gasteiger partial charge in [0, 0.05) is 5.33 Å². The van der Waals surface area contributed by atoms with Crippen LogP contribution in [0.1, 0.15) is 68.5 Å². The Hall–Kier alpha value is -3.45. The summed E-state index contributed by atoms with van der Waals surface area (Å²) in [5.74, 6) is -0.846. The number of carbonyl (C=O) groups is 3. The molecule has 0 spiro atoms. The summed E-state index contributed by atoms with van der Waals surface area (Å²) in [7, 11) is 0. The van der Waals surface area contributed by atoms with Gasteiger partial charge in [-0.25, -0.2) is 14.4 Å². The first-order chi connectivity index (χ1) is 17.9. The Bertz CT molecular complexity index is 1060. The molecule has 0 aromatic heterocycles. The molecular weight excluding hydrogens is 536 g/mol. The summed E-state index contributed by atoms with van der Waals surface area (Å²) < 4.78 is 14.8. The van der Waals surface area contributed by atoms with Crippen LogP contribution >= 0.6 is 15.9 Å². The Balaban J connectivity index is 0.000000312. The molecular formula is C30H33BrO6. The average Bonchev–Trinajstić information content (AvgIpc) is 2.93. The fraction of sp³-hybridized carbons (Fsp3) is 0.300. The maximum atomic E-state index is 11.6. The van der Waals surface area contributed by atoms with Crippen LogP contribution in [-0.2, 0) is 32.4 Å². The van der Waals surface area contributed by atoms with Gasteiger partial charge in [-0.05, 0) is 86.7 Å². The molecule has 0 saturated carbocycles. The van der Waals surface area contributed by atoms with E-state index in [-0.39, 0.29) is 17.9 Å². The van der Waals surface area contributed by atoms with E-state index in [1.807, 2.05) is 36.4 Å². The van der Waals surface area contributed by atoms with E-state index in [0.717, 1.165) is 34.9 Å². The highest BCUT2D eigenvalue weighted by atomic mass is 79.9. The predicted molar refractivity (Wildman–Crippen MR) is 147 cm³/mol. The third-order valence-electron chi connectivity index (χ3n) is 5.25. The molecule has 0 amide bonds. The van der Waals surface area contributed by atoms with E-state index >= 15 is 0 Å². The lowest BCUT2D eigenvalue weighted by Gasteiger charge is -2.06. The van der Waals surface area contributed by atoms with Crippen molar-refractivity contribution < 1.29 is 28.6 Å². The fourth-order valence-electron chi connectivity index (χ4n) is 3.28. The molecule has 0 unspecified atom stereocenters. The summed E-state index contributed by atoms with van der Waals surface area (Å²) in [5.41, 5.74) is 5.19. The second kappa shape index (κ2) is 16.3. The Morgan fingerprint density at radius 3 is 1.03 bits per heavy atom. The van der Waals surface area contributed by atoms with Gasteiger partial charge in [-0.1, -0.05) is 52.3 Å². The highest BCUT2D eigenvalue weighted by Crippen LogP contribution is 2.12. The Labute approximate surface area is 227 Å². The van der Waals surface area contributed by atoms with E-state index in [1.54, 1.807) is 57.2 Å². The second-order valence-electron chi connectivity index (χ2n) is 7.89. The Morgan fingerprint density at radius 1 is 0.514 bits per heavy atom. The number of carbonyl (C=O) groups excluding carboxylic acids is 3. The van der Waals surface area contributed by atoms with Crippen LogP contribution in [0.3, 0.4) is 0 Å². The van der Waals surface area contributed by atoms with Crippen molar-refractivity contribution in [3.63, 3.8) is 0 Å². The van der Waals surface area contributed by atoms with Crippen LogP contribution in [0.25, 0.3) is 0 Å². The molecule has 7 heteroatoms. The molecule has 0 heterocycles. The molecule has 0 aliphatic carbocycles. The van der Waals surface area contributed by atoms with Crippen LogP contribution in [0, 0.1) is 0 Å². The molecule has 37 heavy (non-hydrogen) atoms. The van der Waals surface area contributed by atoms with E-state index in [2.05, 4.69) is 15.9 Å². The van der Waals surface area contributed by atoms with Gasteiger partial charge in [-0.2, -0.15) is 0 Å². The van der Waals surface area contributed by atoms with E-state index < -0.39 is 0 Å². The van der Waals surface area contributed by atoms with Gasteiger partial charge in [0.15, 0.2) is 0 Å². The number of benzene rings is 3. The van der Waals surface area contributed by atoms with Crippen molar-refractivity contribution in [2.45, 2.75) is 38.9 Å². The van der Waals surface area contributed by atoms with Gasteiger partial charge in [-0.3, -0.25) is 0 Å². The monoisotopic (exact) mass is 568 g/mol. The van der Waals surface area contributed by atoms with Crippen LogP contribution in [0.4, 0.5) is 0 Å². The quantitative estimate of drug-likeness (QED) is 0.156. The van der Waals surface area contributed by atoms with Crippen molar-refractivity contribution in [3.8, 4) is 0 Å². The van der Waals surface area contributed by atoms with Gasteiger partial charge >= 0.3 is 17.9 Å². The van der Waals surface area contributed by atoms with Crippen molar-refractivity contribution >= 4 is 33.8 Å². The summed E-state index contributed by atoms with van der Waals surface area (Å²) in [5, 5.41) is 0.802. The van der Waals surface area contributed by atoms with Gasteiger partial charge in [0.1, 0.15) is 0 Å². The second-order valence-corrected chi connectivity index (χ2v) is 8.45. The standard InChI is InChI=1S/C20H22O4.C10H11BrO2/c1-3-23-19(21)17-11-7-15(8-12-17)5-6-16-9-13-18(14-10-16)20(22)24-4-2;1-2-13-10(12)9-5-3-8(7-11)4-6-9/h7-14H,3-6H2,1-2H3;3-6H,2,7H2,1H3. The van der Waals surface area contributed by atoms with E-state index in [1.165, 1.54) is 0 Å². The molecule has 0 atom stereocenters. The number of rotatable bonds is 10. The molecule has 0 saturated heterocycles. The summed E-state index contributed by atoms with van der Waals surface area (Å²) in [4.78, 5) is 34.4. The maximum Gasteiger partial charge on any atom is 0.338 e. The molecule has 0 N–H and O–H groups in total. The number of alkyl halides is 1. The molecule has 0 bridgehead atoms. The molecule has 6 nitrogen and oxygen atoms in total. The van der Waals surface area contributed by atoms with Crippen molar-refractivity contribution in [3.05, 3.63) is 106 Å². The lowest BCUT2D eigenvalue weighted by atomic mass is 10.0. The van der Waals surface area contributed by atoms with Crippen LogP contribution in [0.5, 0.6) is 0 Å². The minimum absolute atomic E-state index is 0.261. The summed E-state index contributed by atoms with van der Waals surface area (Å²) >= 11 is 3.33. The van der Waals surface area contributed by atoms with E-state index in [9.17, 15) is 14.4 Å². The fourth-order valence-corrected chi connectivity index (χ4v) is 3.65. The zero-order valence-corrected chi connectivity index (χ0v) is 23.1. The summed E-state index contributed by atoms with van der Waals surface area (Å²) in [6, 6.07) is 22.3. The lowest BCUT2D eigenvalue weighted by Crippen LogP contribution is -2.05. The topological polar surface area (TPSA) is 78.9 Å². The van der Waals surface area contributed by atoms with Gasteiger partial charge < -0.3 is 14.2 Å². The summed E-state index contributed by atoms with van der Waals surface area (Å²) in [6.45, 7) is 6.55. The highest BCUT2D eigenvalue weighted by molar-refractivity contribution is 9.08. The normalized spacial score (nSPS) is 10.1. The molecule has 3 rings (SSSR count). The molecule has 0 aliphatic heterocycles. The average molecular weight is 569 g/mol. The highest BCUT2D eigenvalue weighted by Gasteiger charge is 2.08. The molecule has 3 aromatic carbocycles. The molecule has 3 aromatic rings. The van der Waals surface area contributed by atoms with Crippen LogP contribution in [-0.4, -0.2) is 37.7 Å². The first-order valence-electron chi connectivity index (χ1n) is 12.3. The van der Waals surface area contributed by atoms with E-state index in [4.69, 9.17) is 14.2 Å². The number of aryl methyl sites for hydroxylation is 2. The smallest absolute Gasteiger partial charge is 0.338 e. The minimum Gasteiger partial charge on any atom is -0.462 e. The Kier molecular flexibility index (Phi) is 13.1. The number of esters is 3. The van der Waals surface area contributed by atoms with Crippen LogP contribution in [0.2, 0.25) is 0 Å².